The maximum absolute atomic E-state index is 13.1. The number of anilines is 2. The molecule has 0 spiro atoms. The van der Waals surface area contributed by atoms with Gasteiger partial charge in [-0.25, -0.2) is 4.39 Å². The number of rotatable bonds is 4. The highest BCUT2D eigenvalue weighted by atomic mass is 35.5. The van der Waals surface area contributed by atoms with Crippen LogP contribution in [0.15, 0.2) is 48.5 Å². The van der Waals surface area contributed by atoms with Crippen molar-refractivity contribution in [3.05, 3.63) is 59.4 Å². The molecule has 0 bridgehead atoms. The van der Waals surface area contributed by atoms with E-state index in [1.165, 1.54) is 12.1 Å². The molecule has 0 aromatic heterocycles. The second-order valence-electron chi connectivity index (χ2n) is 4.73. The number of hydrogen-bond donors (Lipinski definition) is 1. The third-order valence-electron chi connectivity index (χ3n) is 3.15. The Morgan fingerprint density at radius 1 is 1.24 bits per heavy atom. The molecule has 2 aromatic rings. The first-order chi connectivity index (χ1) is 9.99. The van der Waals surface area contributed by atoms with E-state index in [0.29, 0.717) is 5.69 Å². The summed E-state index contributed by atoms with van der Waals surface area (Å²) in [6.45, 7) is 1.75. The minimum Gasteiger partial charge on any atom is -0.374 e. The fourth-order valence-electron chi connectivity index (χ4n) is 1.97. The Hall–Kier alpha value is -2.07. The van der Waals surface area contributed by atoms with Gasteiger partial charge in [0.05, 0.1) is 5.02 Å². The summed E-state index contributed by atoms with van der Waals surface area (Å²) in [4.78, 5) is 13.9. The van der Waals surface area contributed by atoms with Crippen molar-refractivity contribution < 1.29 is 9.18 Å². The van der Waals surface area contributed by atoms with E-state index < -0.39 is 11.9 Å². The summed E-state index contributed by atoms with van der Waals surface area (Å²) in [7, 11) is 1.72. The number of halogens is 2. The Kier molecular flexibility index (Phi) is 4.81. The molecule has 0 aliphatic carbocycles. The lowest BCUT2D eigenvalue weighted by atomic mass is 10.2. The van der Waals surface area contributed by atoms with Gasteiger partial charge in [0.1, 0.15) is 11.9 Å². The van der Waals surface area contributed by atoms with Crippen molar-refractivity contribution in [2.24, 2.45) is 0 Å². The molecular weight excluding hydrogens is 291 g/mol. The number of amides is 1. The van der Waals surface area contributed by atoms with Crippen LogP contribution in [0.2, 0.25) is 5.02 Å². The molecule has 0 radical (unpaired) electrons. The van der Waals surface area contributed by atoms with Gasteiger partial charge in [0, 0.05) is 18.4 Å². The molecular formula is C16H16ClFN2O. The van der Waals surface area contributed by atoms with Gasteiger partial charge in [-0.05, 0) is 37.3 Å². The quantitative estimate of drug-likeness (QED) is 0.928. The topological polar surface area (TPSA) is 32.3 Å². The SMILES string of the molecule is C[C@H](Nc1ccc(F)c(Cl)c1)C(=O)N(C)c1ccccc1. The second-order valence-corrected chi connectivity index (χ2v) is 5.13. The Morgan fingerprint density at radius 3 is 2.52 bits per heavy atom. The van der Waals surface area contributed by atoms with E-state index in [9.17, 15) is 9.18 Å². The van der Waals surface area contributed by atoms with Crippen LogP contribution < -0.4 is 10.2 Å². The first kappa shape index (κ1) is 15.3. The van der Waals surface area contributed by atoms with Gasteiger partial charge in [-0.2, -0.15) is 0 Å². The molecule has 21 heavy (non-hydrogen) atoms. The van der Waals surface area contributed by atoms with E-state index in [1.807, 2.05) is 30.3 Å². The van der Waals surface area contributed by atoms with Gasteiger partial charge in [-0.3, -0.25) is 4.79 Å². The third-order valence-corrected chi connectivity index (χ3v) is 3.44. The van der Waals surface area contributed by atoms with Gasteiger partial charge >= 0.3 is 0 Å². The minimum atomic E-state index is -0.484. The van der Waals surface area contributed by atoms with Crippen molar-refractivity contribution in [2.45, 2.75) is 13.0 Å². The molecule has 110 valence electrons. The van der Waals surface area contributed by atoms with Crippen molar-refractivity contribution in [1.29, 1.82) is 0 Å². The molecule has 1 atom stereocenters. The number of nitrogens with one attached hydrogen (secondary N) is 1. The smallest absolute Gasteiger partial charge is 0.248 e. The second kappa shape index (κ2) is 6.59. The predicted octanol–water partition coefficient (Wildman–Crippen LogP) is 3.94. The summed E-state index contributed by atoms with van der Waals surface area (Å²) in [5.41, 5.74) is 1.41. The lowest BCUT2D eigenvalue weighted by Crippen LogP contribution is -2.39. The predicted molar refractivity (Wildman–Crippen MR) is 84.3 cm³/mol. The van der Waals surface area contributed by atoms with Gasteiger partial charge in [0.2, 0.25) is 5.91 Å². The maximum Gasteiger partial charge on any atom is 0.248 e. The summed E-state index contributed by atoms with van der Waals surface area (Å²) >= 11 is 5.72. The fourth-order valence-corrected chi connectivity index (χ4v) is 2.15. The van der Waals surface area contributed by atoms with Gasteiger partial charge in [-0.15, -0.1) is 0 Å². The highest BCUT2D eigenvalue weighted by Gasteiger charge is 2.18. The Labute approximate surface area is 128 Å². The van der Waals surface area contributed by atoms with Gasteiger partial charge in [0.25, 0.3) is 0 Å². The summed E-state index contributed by atoms with van der Waals surface area (Å²) in [5, 5.41) is 3.04. The number of likely N-dealkylation sites (N-methyl/N-ethyl adjacent to an activating group) is 1. The van der Waals surface area contributed by atoms with Crippen LogP contribution in [-0.2, 0) is 4.79 Å². The lowest BCUT2D eigenvalue weighted by Gasteiger charge is -2.23. The van der Waals surface area contributed by atoms with Crippen molar-refractivity contribution in [2.75, 3.05) is 17.3 Å². The average molecular weight is 307 g/mol. The normalized spacial score (nSPS) is 11.8. The zero-order valence-corrected chi connectivity index (χ0v) is 12.6. The number of nitrogens with zero attached hydrogens (tertiary/aromatic N) is 1. The summed E-state index contributed by atoms with van der Waals surface area (Å²) < 4.78 is 13.1. The summed E-state index contributed by atoms with van der Waals surface area (Å²) in [6, 6.07) is 13.2. The van der Waals surface area contributed by atoms with Crippen LogP contribution in [0.4, 0.5) is 15.8 Å². The average Bonchev–Trinajstić information content (AvgIpc) is 2.50. The number of carbonyl (C=O) groups is 1. The van der Waals surface area contributed by atoms with Gasteiger partial charge in [0.15, 0.2) is 0 Å². The number of carbonyl (C=O) groups excluding carboxylic acids is 1. The molecule has 1 amide bonds. The lowest BCUT2D eigenvalue weighted by molar-refractivity contribution is -0.118. The molecule has 0 unspecified atom stereocenters. The van der Waals surface area contributed by atoms with Crippen LogP contribution in [-0.4, -0.2) is 19.0 Å². The summed E-state index contributed by atoms with van der Waals surface area (Å²) in [6.07, 6.45) is 0. The first-order valence-corrected chi connectivity index (χ1v) is 6.91. The van der Waals surface area contributed by atoms with E-state index >= 15 is 0 Å². The molecule has 0 heterocycles. The molecule has 0 aliphatic heterocycles. The van der Waals surface area contributed by atoms with E-state index in [1.54, 1.807) is 24.9 Å². The zero-order valence-electron chi connectivity index (χ0n) is 11.8. The molecule has 3 nitrogen and oxygen atoms in total. The number of para-hydroxylation sites is 1. The van der Waals surface area contributed by atoms with Crippen molar-refractivity contribution in [3.8, 4) is 0 Å². The molecule has 2 aromatic carbocycles. The number of benzene rings is 2. The standard InChI is InChI=1S/C16H16ClFN2O/c1-11(19-12-8-9-15(18)14(17)10-12)16(21)20(2)13-6-4-3-5-7-13/h3-11,19H,1-2H3/t11-/m0/s1. The van der Waals surface area contributed by atoms with Crippen LogP contribution >= 0.6 is 11.6 Å². The molecule has 5 heteroatoms. The van der Waals surface area contributed by atoms with Crippen LogP contribution in [0.25, 0.3) is 0 Å². The van der Waals surface area contributed by atoms with Crippen LogP contribution in [0.5, 0.6) is 0 Å². The highest BCUT2D eigenvalue weighted by molar-refractivity contribution is 6.31. The molecule has 0 fully saturated rings. The third kappa shape index (κ3) is 3.73. The minimum absolute atomic E-state index is 0.0241. The van der Waals surface area contributed by atoms with E-state index in [0.717, 1.165) is 5.69 Å². The van der Waals surface area contributed by atoms with E-state index in [2.05, 4.69) is 5.32 Å². The van der Waals surface area contributed by atoms with Crippen LogP contribution in [0.1, 0.15) is 6.92 Å². The van der Waals surface area contributed by atoms with Crippen molar-refractivity contribution >= 4 is 28.9 Å². The maximum atomic E-state index is 13.1. The molecule has 0 aliphatic rings. The highest BCUT2D eigenvalue weighted by Crippen LogP contribution is 2.20. The molecule has 0 saturated carbocycles. The first-order valence-electron chi connectivity index (χ1n) is 6.53. The monoisotopic (exact) mass is 306 g/mol. The van der Waals surface area contributed by atoms with E-state index in [-0.39, 0.29) is 10.9 Å². The van der Waals surface area contributed by atoms with Crippen LogP contribution in [0, 0.1) is 5.82 Å². The molecule has 0 saturated heterocycles. The van der Waals surface area contributed by atoms with Gasteiger partial charge in [-0.1, -0.05) is 29.8 Å². The Morgan fingerprint density at radius 2 is 1.90 bits per heavy atom. The van der Waals surface area contributed by atoms with Crippen LogP contribution in [0.3, 0.4) is 0 Å². The number of hydrogen-bond acceptors (Lipinski definition) is 2. The molecule has 1 N–H and O–H groups in total. The molecule has 2 rings (SSSR count). The Bertz CT molecular complexity index is 633. The van der Waals surface area contributed by atoms with Gasteiger partial charge < -0.3 is 10.2 Å². The van der Waals surface area contributed by atoms with Crippen molar-refractivity contribution in [3.63, 3.8) is 0 Å². The van der Waals surface area contributed by atoms with E-state index in [4.69, 9.17) is 11.6 Å². The zero-order chi connectivity index (χ0) is 15.4. The summed E-state index contributed by atoms with van der Waals surface area (Å²) in [5.74, 6) is -0.579. The fraction of sp³-hybridized carbons (Fsp3) is 0.188. The van der Waals surface area contributed by atoms with Crippen molar-refractivity contribution in [1.82, 2.24) is 0 Å². The Balaban J connectivity index is 2.07. The largest absolute Gasteiger partial charge is 0.374 e.